The highest BCUT2D eigenvalue weighted by Crippen LogP contribution is 2.71. The summed E-state index contributed by atoms with van der Waals surface area (Å²) in [5.74, 6) is -5.80. The van der Waals surface area contributed by atoms with Gasteiger partial charge in [-0.25, -0.2) is 35.2 Å². The van der Waals surface area contributed by atoms with Gasteiger partial charge in [0.05, 0.1) is 58.6 Å². The molecule has 6 aliphatic heterocycles. The van der Waals surface area contributed by atoms with E-state index in [2.05, 4.69) is 38.3 Å². The molecule has 6 heterocycles. The van der Waals surface area contributed by atoms with Crippen LogP contribution in [0.2, 0.25) is 0 Å². The van der Waals surface area contributed by atoms with E-state index in [1.54, 1.807) is 60.7 Å². The molecular weight excluding hydrogens is 1000 g/mol. The normalized spacial score (nSPS) is 38.1. The number of fused-ring (bicyclic) bond motifs is 4. The number of carbonyl (C=O) groups excluding carboxylic acids is 6. The Labute approximate surface area is 443 Å². The molecule has 2 N–H and O–H groups in total. The van der Waals surface area contributed by atoms with Crippen molar-refractivity contribution in [2.24, 2.45) is 57.2 Å². The predicted molar refractivity (Wildman–Crippen MR) is 280 cm³/mol. The summed E-state index contributed by atoms with van der Waals surface area (Å²) in [6.45, 7) is 8.56. The zero-order valence-electron chi connectivity index (χ0n) is 42.8. The van der Waals surface area contributed by atoms with Crippen LogP contribution >= 0.6 is 0 Å². The van der Waals surface area contributed by atoms with Gasteiger partial charge in [0.25, 0.3) is 11.8 Å². The third kappa shape index (κ3) is 6.52. The summed E-state index contributed by atoms with van der Waals surface area (Å²) in [5, 5.41) is 6.55. The van der Waals surface area contributed by atoms with E-state index >= 15 is 0 Å². The minimum atomic E-state index is -3.87. The van der Waals surface area contributed by atoms with E-state index in [0.29, 0.717) is 36.1 Å². The van der Waals surface area contributed by atoms with E-state index in [4.69, 9.17) is 0 Å². The van der Waals surface area contributed by atoms with Gasteiger partial charge in [0.2, 0.25) is 43.7 Å². The Morgan fingerprint density at radius 2 is 0.789 bits per heavy atom. The number of rotatable bonds is 6. The average molecular weight is 1070 g/mol. The van der Waals surface area contributed by atoms with Crippen molar-refractivity contribution >= 4 is 66.9 Å². The second kappa shape index (κ2) is 16.7. The molecule has 4 bridgehead atoms. The minimum Gasteiger partial charge on any atom is -0.297 e. The first-order valence-electron chi connectivity index (χ1n) is 26.8. The second-order valence-corrected chi connectivity index (χ2v) is 28.1. The molecule has 10 fully saturated rings. The first kappa shape index (κ1) is 49.5. The summed E-state index contributed by atoms with van der Waals surface area (Å²) in [5.41, 5.74) is 1.20. The fourth-order valence-electron chi connectivity index (χ4n) is 17.1. The second-order valence-electron chi connectivity index (χ2n) is 24.4. The van der Waals surface area contributed by atoms with Crippen LogP contribution in [-0.2, 0) is 48.8 Å². The van der Waals surface area contributed by atoms with Gasteiger partial charge in [-0.3, -0.25) is 39.4 Å². The number of carbonyl (C=O) groups is 6. The molecular formula is C58H62N6O10S2. The first-order valence-corrected chi connectivity index (χ1v) is 30.0. The Balaban J connectivity index is 0.000000146. The first-order chi connectivity index (χ1) is 36.2. The average Bonchev–Trinajstić information content (AvgIpc) is 4.36. The predicted octanol–water partition coefficient (Wildman–Crippen LogP) is 5.74. The van der Waals surface area contributed by atoms with Gasteiger partial charge < -0.3 is 0 Å². The Bertz CT molecular complexity index is 3140. The summed E-state index contributed by atoms with van der Waals surface area (Å²) in [7, 11) is -7.74. The molecule has 14 rings (SSSR count). The van der Waals surface area contributed by atoms with Gasteiger partial charge in [0.1, 0.15) is 12.1 Å². The number of benzene rings is 4. The summed E-state index contributed by atoms with van der Waals surface area (Å²) in [4.78, 5) is 86.3. The van der Waals surface area contributed by atoms with Gasteiger partial charge in [-0.15, -0.1) is 0 Å². The van der Waals surface area contributed by atoms with Crippen LogP contribution in [0.1, 0.15) is 89.4 Å². The largest absolute Gasteiger partial charge is 0.297 e. The van der Waals surface area contributed by atoms with Crippen LogP contribution in [0, 0.1) is 57.2 Å². The van der Waals surface area contributed by atoms with Crippen molar-refractivity contribution in [2.75, 3.05) is 21.3 Å². The maximum absolute atomic E-state index is 14.3. The van der Waals surface area contributed by atoms with Crippen molar-refractivity contribution < 1.29 is 45.6 Å². The quantitative estimate of drug-likeness (QED) is 0.222. The lowest BCUT2D eigenvalue weighted by atomic mass is 9.69. The lowest BCUT2D eigenvalue weighted by molar-refractivity contribution is -0.135. The number of nitrogens with zero attached hydrogens (tertiary/aromatic N) is 4. The van der Waals surface area contributed by atoms with Gasteiger partial charge >= 0.3 is 0 Å². The molecule has 6 amide bonds. The lowest BCUT2D eigenvalue weighted by Crippen LogP contribution is -2.53. The zero-order chi connectivity index (χ0) is 53.2. The standard InChI is InChI=1S/2C29H31N3O5S/c2*1-28(2)18-13-14-29(28)16-38(36,37)32(20(29)15-18)27(35)24-22-21(23(30-24)17-9-5-3-6-10-17)25(33)31(26(22)34)19-11-7-4-8-12-19/h2*3-12,18,20-24,30H,13-16H2,1-2H3/t2*18-,20-,21+,22-,23+,24+,29-/m11/s1. The molecule has 396 valence electrons. The van der Waals surface area contributed by atoms with Crippen LogP contribution in [0.3, 0.4) is 0 Å². The third-order valence-corrected chi connectivity index (χ3v) is 24.9. The highest BCUT2D eigenvalue weighted by Gasteiger charge is 2.75. The van der Waals surface area contributed by atoms with E-state index in [1.807, 2.05) is 60.7 Å². The van der Waals surface area contributed by atoms with E-state index in [1.165, 1.54) is 9.80 Å². The van der Waals surface area contributed by atoms with E-state index in [-0.39, 0.29) is 34.2 Å². The van der Waals surface area contributed by atoms with E-state index < -0.39 is 114 Å². The van der Waals surface area contributed by atoms with Crippen LogP contribution in [0.4, 0.5) is 11.4 Å². The minimum absolute atomic E-state index is 0.0359. The maximum Gasteiger partial charge on any atom is 0.254 e. The molecule has 14 atom stereocenters. The number of sulfonamides is 2. The fraction of sp³-hybridized carbons (Fsp3) is 0.483. The molecule has 0 unspecified atom stereocenters. The fourth-order valence-corrected chi connectivity index (χ4v) is 22.2. The molecule has 10 aliphatic rings. The molecule has 4 aromatic rings. The highest BCUT2D eigenvalue weighted by molar-refractivity contribution is 7.90. The highest BCUT2D eigenvalue weighted by atomic mass is 32.2. The summed E-state index contributed by atoms with van der Waals surface area (Å²) in [6, 6.07) is 31.8. The molecule has 4 aliphatic carbocycles. The topological polar surface area (TPSA) is 208 Å². The zero-order valence-corrected chi connectivity index (χ0v) is 44.5. The molecule has 6 saturated heterocycles. The number of para-hydroxylation sites is 2. The van der Waals surface area contributed by atoms with Crippen molar-refractivity contribution in [3.05, 3.63) is 132 Å². The summed E-state index contributed by atoms with van der Waals surface area (Å²) in [6.07, 6.45) is 4.83. The third-order valence-electron chi connectivity index (χ3n) is 21.1. The van der Waals surface area contributed by atoms with Crippen molar-refractivity contribution in [3.8, 4) is 0 Å². The molecule has 18 heteroatoms. The smallest absolute Gasteiger partial charge is 0.254 e. The van der Waals surface area contributed by atoms with Crippen molar-refractivity contribution in [3.63, 3.8) is 0 Å². The molecule has 4 aromatic carbocycles. The van der Waals surface area contributed by atoms with Gasteiger partial charge in [-0.05, 0) is 96.6 Å². The molecule has 4 saturated carbocycles. The van der Waals surface area contributed by atoms with E-state index in [0.717, 1.165) is 45.4 Å². The summed E-state index contributed by atoms with van der Waals surface area (Å²) >= 11 is 0. The number of anilines is 2. The van der Waals surface area contributed by atoms with Crippen molar-refractivity contribution in [1.29, 1.82) is 0 Å². The van der Waals surface area contributed by atoms with Crippen LogP contribution < -0.4 is 20.4 Å². The van der Waals surface area contributed by atoms with Gasteiger partial charge in [-0.2, -0.15) is 0 Å². The Morgan fingerprint density at radius 3 is 1.12 bits per heavy atom. The Kier molecular flexibility index (Phi) is 10.9. The summed E-state index contributed by atoms with van der Waals surface area (Å²) < 4.78 is 56.8. The van der Waals surface area contributed by atoms with Crippen LogP contribution in [0.5, 0.6) is 0 Å². The number of hydrogen-bond acceptors (Lipinski definition) is 12. The number of hydrogen-bond donors (Lipinski definition) is 2. The molecule has 0 radical (unpaired) electrons. The maximum atomic E-state index is 14.3. The molecule has 16 nitrogen and oxygen atoms in total. The Morgan fingerprint density at radius 1 is 0.474 bits per heavy atom. The van der Waals surface area contributed by atoms with Gasteiger partial charge in [-0.1, -0.05) is 125 Å². The molecule has 76 heavy (non-hydrogen) atoms. The Hall–Kier alpha value is -6.08. The van der Waals surface area contributed by atoms with Crippen LogP contribution in [0.25, 0.3) is 0 Å². The monoisotopic (exact) mass is 1070 g/mol. The van der Waals surface area contributed by atoms with Crippen LogP contribution in [0.15, 0.2) is 121 Å². The van der Waals surface area contributed by atoms with Crippen molar-refractivity contribution in [2.45, 2.75) is 102 Å². The lowest BCUT2D eigenvalue weighted by Gasteiger charge is -2.37. The SMILES string of the molecule is CC1(C)[C@@H]2CC[C@]13CS(=O)(=O)N(C(=O)[C@H]1N[C@@H](c4ccccc4)[C@H]4C(=O)N(c5ccccc5)C(=O)[C@H]41)[C@@H]3C2.CC1(C)[C@@H]2CC[C@]13CS(=O)(=O)N(C(=O)[C@H]1N[C@@H](c4ccccc4)[C@H]4C(=O)N(c5ccccc5)C(=O)[C@H]41)[C@@H]3C2. The number of imide groups is 2. The van der Waals surface area contributed by atoms with Gasteiger partial charge in [0, 0.05) is 22.9 Å². The van der Waals surface area contributed by atoms with Crippen LogP contribution in [-0.4, -0.2) is 96.6 Å². The number of amides is 6. The molecule has 0 aromatic heterocycles. The molecule has 2 spiro atoms. The van der Waals surface area contributed by atoms with Crippen molar-refractivity contribution in [1.82, 2.24) is 19.2 Å². The van der Waals surface area contributed by atoms with E-state index in [9.17, 15) is 45.6 Å². The number of nitrogens with one attached hydrogen (secondary N) is 2. The van der Waals surface area contributed by atoms with Gasteiger partial charge in [0.15, 0.2) is 0 Å².